The van der Waals surface area contributed by atoms with Crippen LogP contribution in [0, 0.1) is 17.8 Å². The molecule has 3 aliphatic rings. The number of carbonyl (C=O) groups is 1. The number of fused-ring (bicyclic) bond motifs is 1. The SMILES string of the molecule is CCc1cc(CN2CC3C(C(=O)O)NC(C(C(F)(F)F)C(F)(F)F)C3C2)n(C2CCOCC2)n1. The maximum absolute atomic E-state index is 13.5. The fourth-order valence-corrected chi connectivity index (χ4v) is 5.70. The van der Waals surface area contributed by atoms with Crippen LogP contribution in [-0.2, 0) is 22.5 Å². The van der Waals surface area contributed by atoms with E-state index in [-0.39, 0.29) is 25.7 Å². The van der Waals surface area contributed by atoms with Crippen molar-refractivity contribution in [3.05, 3.63) is 17.5 Å². The van der Waals surface area contributed by atoms with Gasteiger partial charge in [-0.15, -0.1) is 0 Å². The molecule has 0 radical (unpaired) electrons. The van der Waals surface area contributed by atoms with Crippen LogP contribution in [0.5, 0.6) is 0 Å². The number of halogens is 6. The number of nitrogens with zero attached hydrogens (tertiary/aromatic N) is 3. The summed E-state index contributed by atoms with van der Waals surface area (Å²) in [6, 6.07) is -1.52. The number of ether oxygens (including phenoxy) is 1. The first-order valence-corrected chi connectivity index (χ1v) is 11.4. The van der Waals surface area contributed by atoms with Crippen LogP contribution in [0.2, 0.25) is 0 Å². The first-order chi connectivity index (χ1) is 15.9. The topological polar surface area (TPSA) is 79.6 Å². The fraction of sp³-hybridized carbons (Fsp3) is 0.810. The van der Waals surface area contributed by atoms with Gasteiger partial charge in [-0.25, -0.2) is 0 Å². The first-order valence-electron chi connectivity index (χ1n) is 11.4. The predicted molar refractivity (Wildman–Crippen MR) is 107 cm³/mol. The Bertz CT molecular complexity index is 869. The predicted octanol–water partition coefficient (Wildman–Crippen LogP) is 3.01. The lowest BCUT2D eigenvalue weighted by Crippen LogP contribution is -2.53. The van der Waals surface area contributed by atoms with Crippen molar-refractivity contribution in [2.24, 2.45) is 17.8 Å². The van der Waals surface area contributed by atoms with E-state index in [0.29, 0.717) is 19.6 Å². The van der Waals surface area contributed by atoms with Crippen molar-refractivity contribution < 1.29 is 41.0 Å². The minimum atomic E-state index is -5.54. The van der Waals surface area contributed by atoms with Gasteiger partial charge >= 0.3 is 18.3 Å². The molecule has 4 atom stereocenters. The second-order valence-electron chi connectivity index (χ2n) is 9.36. The molecule has 0 amide bonds. The van der Waals surface area contributed by atoms with Gasteiger partial charge in [-0.3, -0.25) is 14.4 Å². The van der Waals surface area contributed by atoms with E-state index in [0.717, 1.165) is 24.2 Å². The summed E-state index contributed by atoms with van der Waals surface area (Å²) in [4.78, 5) is 13.5. The average molecular weight is 498 g/mol. The third kappa shape index (κ3) is 4.92. The molecule has 13 heteroatoms. The van der Waals surface area contributed by atoms with E-state index in [1.165, 1.54) is 0 Å². The lowest BCUT2D eigenvalue weighted by atomic mass is 9.84. The van der Waals surface area contributed by atoms with Gasteiger partial charge in [0.25, 0.3) is 0 Å². The smallest absolute Gasteiger partial charge is 0.402 e. The Morgan fingerprint density at radius 2 is 1.79 bits per heavy atom. The molecule has 3 fully saturated rings. The van der Waals surface area contributed by atoms with Gasteiger partial charge in [-0.05, 0) is 31.2 Å². The van der Waals surface area contributed by atoms with Crippen molar-refractivity contribution in [1.29, 1.82) is 0 Å². The van der Waals surface area contributed by atoms with Crippen LogP contribution in [0.25, 0.3) is 0 Å². The second kappa shape index (κ2) is 9.30. The highest BCUT2D eigenvalue weighted by molar-refractivity contribution is 5.74. The summed E-state index contributed by atoms with van der Waals surface area (Å²) in [6.07, 6.45) is -8.89. The molecule has 0 spiro atoms. The minimum Gasteiger partial charge on any atom is -0.480 e. The summed E-state index contributed by atoms with van der Waals surface area (Å²) in [5.41, 5.74) is 1.67. The average Bonchev–Trinajstić information content (AvgIpc) is 3.41. The van der Waals surface area contributed by atoms with Crippen molar-refractivity contribution in [3.8, 4) is 0 Å². The maximum atomic E-state index is 13.5. The third-order valence-electron chi connectivity index (χ3n) is 7.23. The van der Waals surface area contributed by atoms with Gasteiger partial charge in [0, 0.05) is 44.8 Å². The highest BCUT2D eigenvalue weighted by atomic mass is 19.4. The largest absolute Gasteiger partial charge is 0.480 e. The summed E-state index contributed by atoms with van der Waals surface area (Å²) in [5, 5.41) is 16.3. The maximum Gasteiger partial charge on any atom is 0.402 e. The highest BCUT2D eigenvalue weighted by Crippen LogP contribution is 2.48. The molecule has 1 aromatic rings. The molecular formula is C21H28F6N4O3. The summed E-state index contributed by atoms with van der Waals surface area (Å²) >= 11 is 0. The molecule has 7 nitrogen and oxygen atoms in total. The van der Waals surface area contributed by atoms with Crippen molar-refractivity contribution in [2.75, 3.05) is 26.3 Å². The lowest BCUT2D eigenvalue weighted by molar-refractivity contribution is -0.293. The Morgan fingerprint density at radius 1 is 1.18 bits per heavy atom. The monoisotopic (exact) mass is 498 g/mol. The minimum absolute atomic E-state index is 0.0603. The van der Waals surface area contributed by atoms with E-state index in [4.69, 9.17) is 4.74 Å². The van der Waals surface area contributed by atoms with Gasteiger partial charge in [0.1, 0.15) is 6.04 Å². The number of hydrogen-bond acceptors (Lipinski definition) is 5. The molecule has 192 valence electrons. The standard InChI is InChI=1S/C21H28F6N4O3/c1-2-11-7-13(31(29-11)12-3-5-34-6-4-12)8-30-9-14-15(10-30)17(19(32)33)28-16(14)18(20(22,23)24)21(25,26)27/h7,12,14-18,28H,2-6,8-10H2,1H3,(H,32,33). The van der Waals surface area contributed by atoms with Gasteiger partial charge < -0.3 is 15.2 Å². The summed E-state index contributed by atoms with van der Waals surface area (Å²) < 4.78 is 88.0. The number of aryl methyl sites for hydroxylation is 1. The Morgan fingerprint density at radius 3 is 2.35 bits per heavy atom. The van der Waals surface area contributed by atoms with Gasteiger partial charge in [0.2, 0.25) is 0 Å². The van der Waals surface area contributed by atoms with Crippen LogP contribution in [0.1, 0.15) is 37.2 Å². The van der Waals surface area contributed by atoms with Crippen LogP contribution in [-0.4, -0.2) is 76.5 Å². The van der Waals surface area contributed by atoms with Crippen LogP contribution in [0.4, 0.5) is 26.3 Å². The molecule has 0 aliphatic carbocycles. The molecular weight excluding hydrogens is 470 g/mol. The Labute approximate surface area is 192 Å². The Kier molecular flexibility index (Phi) is 6.91. The van der Waals surface area contributed by atoms with E-state index < -0.39 is 48.2 Å². The third-order valence-corrected chi connectivity index (χ3v) is 7.23. The van der Waals surface area contributed by atoms with Crippen LogP contribution in [0.15, 0.2) is 6.07 Å². The van der Waals surface area contributed by atoms with Gasteiger partial charge in [0.15, 0.2) is 5.92 Å². The molecule has 4 heterocycles. The number of hydrogen-bond donors (Lipinski definition) is 2. The van der Waals surface area contributed by atoms with Crippen LogP contribution >= 0.6 is 0 Å². The number of carboxylic acid groups (broad SMARTS) is 1. The van der Waals surface area contributed by atoms with Gasteiger partial charge in [0.05, 0.1) is 17.4 Å². The number of likely N-dealkylation sites (tertiary alicyclic amines) is 1. The van der Waals surface area contributed by atoms with Crippen molar-refractivity contribution in [1.82, 2.24) is 20.0 Å². The fourth-order valence-electron chi connectivity index (χ4n) is 5.70. The van der Waals surface area contributed by atoms with E-state index in [1.54, 1.807) is 4.90 Å². The zero-order chi connectivity index (χ0) is 24.8. The molecule has 3 aliphatic heterocycles. The lowest BCUT2D eigenvalue weighted by Gasteiger charge is -2.32. The number of nitrogens with one attached hydrogen (secondary N) is 1. The van der Waals surface area contributed by atoms with Gasteiger partial charge in [-0.1, -0.05) is 6.92 Å². The van der Waals surface area contributed by atoms with Crippen molar-refractivity contribution in [3.63, 3.8) is 0 Å². The van der Waals surface area contributed by atoms with Crippen molar-refractivity contribution >= 4 is 5.97 Å². The van der Waals surface area contributed by atoms with E-state index >= 15 is 0 Å². The summed E-state index contributed by atoms with van der Waals surface area (Å²) in [7, 11) is 0. The number of alkyl halides is 6. The molecule has 2 N–H and O–H groups in total. The van der Waals surface area contributed by atoms with Crippen LogP contribution < -0.4 is 5.32 Å². The normalized spacial score (nSPS) is 29.2. The Balaban J connectivity index is 1.58. The zero-order valence-corrected chi connectivity index (χ0v) is 18.6. The van der Waals surface area contributed by atoms with Gasteiger partial charge in [-0.2, -0.15) is 31.4 Å². The second-order valence-corrected chi connectivity index (χ2v) is 9.36. The molecule has 1 aromatic heterocycles. The Hall–Kier alpha value is -1.86. The molecule has 34 heavy (non-hydrogen) atoms. The number of rotatable bonds is 6. The molecule has 4 unspecified atom stereocenters. The van der Waals surface area contributed by atoms with Crippen LogP contribution in [0.3, 0.4) is 0 Å². The number of aliphatic carboxylic acids is 1. The highest BCUT2D eigenvalue weighted by Gasteiger charge is 2.66. The van der Waals surface area contributed by atoms with E-state index in [9.17, 15) is 36.2 Å². The molecule has 0 saturated carbocycles. The van der Waals surface area contributed by atoms with E-state index in [2.05, 4.69) is 10.4 Å². The summed E-state index contributed by atoms with van der Waals surface area (Å²) in [6.45, 7) is 3.43. The molecule has 0 aromatic carbocycles. The molecule has 3 saturated heterocycles. The molecule has 4 rings (SSSR count). The number of carboxylic acids is 1. The van der Waals surface area contributed by atoms with E-state index in [1.807, 2.05) is 17.7 Å². The van der Waals surface area contributed by atoms with Crippen molar-refractivity contribution in [2.45, 2.75) is 63.2 Å². The number of aromatic nitrogens is 2. The zero-order valence-electron chi connectivity index (χ0n) is 18.6. The summed E-state index contributed by atoms with van der Waals surface area (Å²) in [5.74, 6) is -7.03. The molecule has 0 bridgehead atoms. The first kappa shape index (κ1) is 25.2. The quantitative estimate of drug-likeness (QED) is 0.588.